The number of nitrogens with zero attached hydrogens (tertiary/aromatic N) is 3. The molecule has 1 fully saturated rings. The van der Waals surface area contributed by atoms with Gasteiger partial charge in [-0.2, -0.15) is 13.5 Å². The fourth-order valence-corrected chi connectivity index (χ4v) is 3.86. The lowest BCUT2D eigenvalue weighted by atomic mass is 10.1. The molecule has 3 rings (SSSR count). The first kappa shape index (κ1) is 20.7. The van der Waals surface area contributed by atoms with Gasteiger partial charge < -0.3 is 10.2 Å². The van der Waals surface area contributed by atoms with Crippen molar-refractivity contribution in [3.05, 3.63) is 63.7 Å². The van der Waals surface area contributed by atoms with E-state index in [2.05, 4.69) is 20.1 Å². The van der Waals surface area contributed by atoms with Crippen molar-refractivity contribution in [2.24, 2.45) is 5.10 Å². The van der Waals surface area contributed by atoms with Gasteiger partial charge in [-0.15, -0.1) is 0 Å². The minimum absolute atomic E-state index is 0.0791. The Hall–Kier alpha value is -2.98. The number of nitrogens with one attached hydrogen (secondary N) is 2. The van der Waals surface area contributed by atoms with Crippen molar-refractivity contribution in [1.29, 1.82) is 0 Å². The van der Waals surface area contributed by atoms with Gasteiger partial charge in [0.25, 0.3) is 15.7 Å². The van der Waals surface area contributed by atoms with Gasteiger partial charge in [-0.05, 0) is 38.1 Å². The summed E-state index contributed by atoms with van der Waals surface area (Å²) < 4.78 is 24.8. The number of anilines is 1. The third-order valence-corrected chi connectivity index (χ3v) is 5.85. The van der Waals surface area contributed by atoms with Crippen LogP contribution in [0.3, 0.4) is 0 Å². The van der Waals surface area contributed by atoms with Crippen LogP contribution in [0.5, 0.6) is 0 Å². The summed E-state index contributed by atoms with van der Waals surface area (Å²) >= 11 is 0. The normalized spacial score (nSPS) is 15.3. The molecule has 0 aromatic heterocycles. The van der Waals surface area contributed by atoms with E-state index < -0.39 is 14.9 Å². The number of hydrogen-bond donors (Lipinski definition) is 2. The maximum atomic E-state index is 12.4. The number of non-ortho nitro benzene ring substituents is 1. The fraction of sp³-hybridized carbons (Fsp3) is 0.316. The molecule has 1 aliphatic heterocycles. The van der Waals surface area contributed by atoms with E-state index in [1.807, 2.05) is 6.92 Å². The lowest BCUT2D eigenvalue weighted by molar-refractivity contribution is -0.384. The van der Waals surface area contributed by atoms with Gasteiger partial charge >= 0.3 is 0 Å². The molecule has 154 valence electrons. The van der Waals surface area contributed by atoms with Gasteiger partial charge in [-0.3, -0.25) is 10.1 Å². The lowest BCUT2D eigenvalue weighted by Crippen LogP contribution is -2.28. The Morgan fingerprint density at radius 3 is 2.66 bits per heavy atom. The minimum Gasteiger partial charge on any atom is -0.370 e. The molecular formula is C19H23N5O4S. The van der Waals surface area contributed by atoms with Crippen LogP contribution in [0.15, 0.2) is 52.5 Å². The average molecular weight is 417 g/mol. The lowest BCUT2D eigenvalue weighted by Gasteiger charge is -2.24. The molecule has 0 amide bonds. The Labute approximate surface area is 169 Å². The molecule has 2 N–H and O–H groups in total. The van der Waals surface area contributed by atoms with Gasteiger partial charge in [0.15, 0.2) is 0 Å². The van der Waals surface area contributed by atoms with Gasteiger partial charge in [-0.1, -0.05) is 17.7 Å². The van der Waals surface area contributed by atoms with Crippen molar-refractivity contribution in [2.75, 3.05) is 31.1 Å². The number of hydrogen-bond acceptors (Lipinski definition) is 7. The van der Waals surface area contributed by atoms with Crippen LogP contribution in [-0.4, -0.2) is 45.7 Å². The van der Waals surface area contributed by atoms with E-state index in [1.165, 1.54) is 30.5 Å². The molecule has 0 unspecified atom stereocenters. The molecule has 1 saturated heterocycles. The summed E-state index contributed by atoms with van der Waals surface area (Å²) in [6.45, 7) is 5.11. The van der Waals surface area contributed by atoms with Crippen LogP contribution >= 0.6 is 0 Å². The highest BCUT2D eigenvalue weighted by Crippen LogP contribution is 2.25. The topological polar surface area (TPSA) is 117 Å². The largest absolute Gasteiger partial charge is 0.370 e. The third kappa shape index (κ3) is 5.30. The van der Waals surface area contributed by atoms with Gasteiger partial charge in [0.1, 0.15) is 0 Å². The fourth-order valence-electron chi connectivity index (χ4n) is 3.07. The zero-order chi connectivity index (χ0) is 20.9. The summed E-state index contributed by atoms with van der Waals surface area (Å²) in [7, 11) is -3.82. The van der Waals surface area contributed by atoms with Gasteiger partial charge in [0.2, 0.25) is 0 Å². The maximum Gasteiger partial charge on any atom is 0.276 e. The standard InChI is InChI=1S/C19H23N5O4S/c1-15-3-6-18(7-4-15)29(27,28)22-21-14-16-13-17(24(25)26)5-8-19(16)23-11-2-9-20-10-12-23/h3-8,13-14,20,22H,2,9-12H2,1H3. The number of nitro groups is 1. The van der Waals surface area contributed by atoms with Gasteiger partial charge in [0, 0.05) is 43.0 Å². The molecule has 0 radical (unpaired) electrons. The summed E-state index contributed by atoms with van der Waals surface area (Å²) in [5, 5.41) is 18.3. The zero-order valence-corrected chi connectivity index (χ0v) is 16.9. The monoisotopic (exact) mass is 417 g/mol. The first-order chi connectivity index (χ1) is 13.9. The molecule has 0 atom stereocenters. The Morgan fingerprint density at radius 2 is 1.93 bits per heavy atom. The molecule has 0 spiro atoms. The Balaban J connectivity index is 1.86. The van der Waals surface area contributed by atoms with Crippen molar-refractivity contribution in [1.82, 2.24) is 10.1 Å². The number of rotatable bonds is 6. The highest BCUT2D eigenvalue weighted by molar-refractivity contribution is 7.89. The molecule has 0 saturated carbocycles. The van der Waals surface area contributed by atoms with E-state index in [-0.39, 0.29) is 10.6 Å². The summed E-state index contributed by atoms with van der Waals surface area (Å²) in [6.07, 6.45) is 2.25. The molecule has 0 aliphatic carbocycles. The van der Waals surface area contributed by atoms with E-state index in [1.54, 1.807) is 18.2 Å². The Bertz CT molecular complexity index is 998. The van der Waals surface area contributed by atoms with Crippen molar-refractivity contribution >= 4 is 27.6 Å². The highest BCUT2D eigenvalue weighted by atomic mass is 32.2. The molecule has 0 bridgehead atoms. The van der Waals surface area contributed by atoms with Crippen molar-refractivity contribution in [3.8, 4) is 0 Å². The second kappa shape index (κ2) is 9.01. The van der Waals surface area contributed by atoms with Crippen molar-refractivity contribution in [3.63, 3.8) is 0 Å². The highest BCUT2D eigenvalue weighted by Gasteiger charge is 2.17. The molecule has 10 heteroatoms. The number of nitro benzene ring substituents is 1. The minimum atomic E-state index is -3.82. The second-order valence-electron chi connectivity index (χ2n) is 6.76. The van der Waals surface area contributed by atoms with E-state index in [0.717, 1.165) is 43.9 Å². The molecule has 1 aliphatic rings. The Kier molecular flexibility index (Phi) is 6.45. The molecule has 2 aromatic rings. The first-order valence-electron chi connectivity index (χ1n) is 9.22. The summed E-state index contributed by atoms with van der Waals surface area (Å²) in [5.41, 5.74) is 2.12. The van der Waals surface area contributed by atoms with Crippen LogP contribution in [0, 0.1) is 17.0 Å². The number of aryl methyl sites for hydroxylation is 1. The zero-order valence-electron chi connectivity index (χ0n) is 16.0. The van der Waals surface area contributed by atoms with Crippen molar-refractivity contribution in [2.45, 2.75) is 18.2 Å². The SMILES string of the molecule is Cc1ccc(S(=O)(=O)NN=Cc2cc([N+](=O)[O-])ccc2N2CCCNCC2)cc1. The predicted octanol–water partition coefficient (Wildman–Crippen LogP) is 2.02. The van der Waals surface area contributed by atoms with Gasteiger partial charge in [-0.25, -0.2) is 4.83 Å². The van der Waals surface area contributed by atoms with Crippen LogP contribution in [-0.2, 0) is 10.0 Å². The summed E-state index contributed by atoms with van der Waals surface area (Å²) in [6, 6.07) is 10.9. The van der Waals surface area contributed by atoms with Crippen LogP contribution in [0.1, 0.15) is 17.5 Å². The predicted molar refractivity (Wildman–Crippen MR) is 112 cm³/mol. The summed E-state index contributed by atoms with van der Waals surface area (Å²) in [5.74, 6) is 0. The molecule has 1 heterocycles. The second-order valence-corrected chi connectivity index (χ2v) is 8.42. The van der Waals surface area contributed by atoms with Crippen LogP contribution in [0.2, 0.25) is 0 Å². The van der Waals surface area contributed by atoms with Crippen LogP contribution in [0.4, 0.5) is 11.4 Å². The first-order valence-corrected chi connectivity index (χ1v) is 10.7. The van der Waals surface area contributed by atoms with E-state index in [4.69, 9.17) is 0 Å². The maximum absolute atomic E-state index is 12.4. The van der Waals surface area contributed by atoms with Crippen LogP contribution in [0.25, 0.3) is 0 Å². The van der Waals surface area contributed by atoms with E-state index in [9.17, 15) is 18.5 Å². The number of sulfonamides is 1. The van der Waals surface area contributed by atoms with Crippen molar-refractivity contribution < 1.29 is 13.3 Å². The summed E-state index contributed by atoms with van der Waals surface area (Å²) in [4.78, 5) is 15.1. The van der Waals surface area contributed by atoms with Crippen LogP contribution < -0.4 is 15.0 Å². The average Bonchev–Trinajstić information content (AvgIpc) is 2.97. The molecule has 29 heavy (non-hydrogen) atoms. The Morgan fingerprint density at radius 1 is 1.17 bits per heavy atom. The quantitative estimate of drug-likeness (QED) is 0.422. The smallest absolute Gasteiger partial charge is 0.276 e. The number of hydrazone groups is 1. The number of benzene rings is 2. The van der Waals surface area contributed by atoms with E-state index in [0.29, 0.717) is 5.56 Å². The molecular weight excluding hydrogens is 394 g/mol. The molecule has 2 aromatic carbocycles. The van der Waals surface area contributed by atoms with E-state index >= 15 is 0 Å². The van der Waals surface area contributed by atoms with Gasteiger partial charge in [0.05, 0.1) is 16.0 Å². The third-order valence-electron chi connectivity index (χ3n) is 4.61. The molecule has 9 nitrogen and oxygen atoms in total.